The van der Waals surface area contributed by atoms with Crippen LogP contribution < -0.4 is 5.32 Å². The minimum absolute atomic E-state index is 0.305. The van der Waals surface area contributed by atoms with Crippen LogP contribution in [0.5, 0.6) is 0 Å². The van der Waals surface area contributed by atoms with Crippen LogP contribution in [-0.2, 0) is 24.4 Å². The molecule has 0 spiro atoms. The molecule has 0 aromatic heterocycles. The van der Waals surface area contributed by atoms with E-state index in [2.05, 4.69) is 34.5 Å². The van der Waals surface area contributed by atoms with Gasteiger partial charge in [0.05, 0.1) is 13.2 Å². The number of hydrogen-bond acceptors (Lipinski definition) is 3. The van der Waals surface area contributed by atoms with Crippen LogP contribution in [0, 0.1) is 11.6 Å². The molecule has 1 heterocycles. The molecule has 1 aliphatic heterocycles. The van der Waals surface area contributed by atoms with Crippen LogP contribution in [0.3, 0.4) is 0 Å². The average molecular weight is 332 g/mol. The molecule has 1 saturated heterocycles. The SMILES string of the molecule is Fc1ccc(F)c(CNCc2ccc(CN3CCOCC3)cc2)c1. The van der Waals surface area contributed by atoms with Gasteiger partial charge in [-0.15, -0.1) is 0 Å². The van der Waals surface area contributed by atoms with E-state index in [9.17, 15) is 8.78 Å². The summed E-state index contributed by atoms with van der Waals surface area (Å²) in [6.07, 6.45) is 0. The number of halogens is 2. The van der Waals surface area contributed by atoms with Crippen molar-refractivity contribution in [3.05, 3.63) is 70.8 Å². The van der Waals surface area contributed by atoms with E-state index in [0.717, 1.165) is 50.5 Å². The third-order valence-corrected chi connectivity index (χ3v) is 4.19. The van der Waals surface area contributed by atoms with Crippen molar-refractivity contribution >= 4 is 0 Å². The van der Waals surface area contributed by atoms with Gasteiger partial charge in [0.15, 0.2) is 0 Å². The lowest BCUT2D eigenvalue weighted by Crippen LogP contribution is -2.35. The van der Waals surface area contributed by atoms with E-state index in [1.54, 1.807) is 0 Å². The standard InChI is InChI=1S/C19H22F2N2O/c20-18-5-6-19(21)17(11-18)13-22-12-15-1-3-16(4-2-15)14-23-7-9-24-10-8-23/h1-6,11,22H,7-10,12-14H2. The Morgan fingerprint density at radius 3 is 2.38 bits per heavy atom. The highest BCUT2D eigenvalue weighted by atomic mass is 19.1. The van der Waals surface area contributed by atoms with Gasteiger partial charge in [-0.3, -0.25) is 4.90 Å². The van der Waals surface area contributed by atoms with Crippen molar-refractivity contribution in [3.63, 3.8) is 0 Å². The van der Waals surface area contributed by atoms with Gasteiger partial charge in [-0.2, -0.15) is 0 Å². The fourth-order valence-corrected chi connectivity index (χ4v) is 2.80. The van der Waals surface area contributed by atoms with Crippen LogP contribution in [-0.4, -0.2) is 31.2 Å². The molecular weight excluding hydrogens is 310 g/mol. The molecule has 24 heavy (non-hydrogen) atoms. The minimum Gasteiger partial charge on any atom is -0.379 e. The van der Waals surface area contributed by atoms with E-state index < -0.39 is 5.82 Å². The van der Waals surface area contributed by atoms with Gasteiger partial charge < -0.3 is 10.1 Å². The van der Waals surface area contributed by atoms with Crippen LogP contribution in [0.25, 0.3) is 0 Å². The lowest BCUT2D eigenvalue weighted by Gasteiger charge is -2.26. The maximum Gasteiger partial charge on any atom is 0.127 e. The minimum atomic E-state index is -0.416. The van der Waals surface area contributed by atoms with Crippen molar-refractivity contribution < 1.29 is 13.5 Å². The Bertz CT molecular complexity index is 655. The number of benzene rings is 2. The summed E-state index contributed by atoms with van der Waals surface area (Å²) in [5.74, 6) is -0.801. The predicted molar refractivity (Wildman–Crippen MR) is 89.4 cm³/mol. The molecule has 0 unspecified atom stereocenters. The summed E-state index contributed by atoms with van der Waals surface area (Å²) in [5, 5.41) is 3.15. The van der Waals surface area contributed by atoms with E-state index in [4.69, 9.17) is 4.74 Å². The summed E-state index contributed by atoms with van der Waals surface area (Å²) in [4.78, 5) is 2.38. The summed E-state index contributed by atoms with van der Waals surface area (Å²) in [5.41, 5.74) is 2.74. The Labute approximate surface area is 141 Å². The molecule has 2 aromatic carbocycles. The van der Waals surface area contributed by atoms with E-state index in [1.807, 2.05) is 0 Å². The second-order valence-corrected chi connectivity index (χ2v) is 6.04. The predicted octanol–water partition coefficient (Wildman–Crippen LogP) is 3.09. The van der Waals surface area contributed by atoms with E-state index in [1.165, 1.54) is 11.6 Å². The number of nitrogens with one attached hydrogen (secondary N) is 1. The zero-order chi connectivity index (χ0) is 16.8. The van der Waals surface area contributed by atoms with Gasteiger partial charge in [0.25, 0.3) is 0 Å². The molecule has 1 aliphatic rings. The Hall–Kier alpha value is -1.82. The van der Waals surface area contributed by atoms with Gasteiger partial charge >= 0.3 is 0 Å². The maximum absolute atomic E-state index is 13.6. The summed E-state index contributed by atoms with van der Waals surface area (Å²) in [6, 6.07) is 11.9. The van der Waals surface area contributed by atoms with Crippen LogP contribution in [0.15, 0.2) is 42.5 Å². The van der Waals surface area contributed by atoms with E-state index in [0.29, 0.717) is 18.7 Å². The van der Waals surface area contributed by atoms with Crippen molar-refractivity contribution in [2.75, 3.05) is 26.3 Å². The first-order valence-corrected chi connectivity index (χ1v) is 8.23. The van der Waals surface area contributed by atoms with Gasteiger partial charge in [0.1, 0.15) is 11.6 Å². The Balaban J connectivity index is 1.48. The fourth-order valence-electron chi connectivity index (χ4n) is 2.80. The third-order valence-electron chi connectivity index (χ3n) is 4.19. The molecule has 0 amide bonds. The van der Waals surface area contributed by atoms with Gasteiger partial charge in [0.2, 0.25) is 0 Å². The highest BCUT2D eigenvalue weighted by molar-refractivity contribution is 5.23. The van der Waals surface area contributed by atoms with Gasteiger partial charge in [-0.25, -0.2) is 8.78 Å². The maximum atomic E-state index is 13.6. The van der Waals surface area contributed by atoms with Crippen molar-refractivity contribution in [1.29, 1.82) is 0 Å². The first-order valence-electron chi connectivity index (χ1n) is 8.23. The highest BCUT2D eigenvalue weighted by Gasteiger charge is 2.10. The number of nitrogens with zero attached hydrogens (tertiary/aromatic N) is 1. The Kier molecular flexibility index (Phi) is 5.91. The van der Waals surface area contributed by atoms with Crippen LogP contribution in [0.1, 0.15) is 16.7 Å². The summed E-state index contributed by atoms with van der Waals surface area (Å²) >= 11 is 0. The number of hydrogen-bond donors (Lipinski definition) is 1. The van der Waals surface area contributed by atoms with Gasteiger partial charge in [0, 0.05) is 38.3 Å². The van der Waals surface area contributed by atoms with Crippen molar-refractivity contribution in [2.24, 2.45) is 0 Å². The fraction of sp³-hybridized carbons (Fsp3) is 0.368. The zero-order valence-electron chi connectivity index (χ0n) is 13.6. The number of morpholine rings is 1. The zero-order valence-corrected chi connectivity index (χ0v) is 13.6. The topological polar surface area (TPSA) is 24.5 Å². The summed E-state index contributed by atoms with van der Waals surface area (Å²) in [6.45, 7) is 5.42. The molecule has 1 N–H and O–H groups in total. The molecule has 128 valence electrons. The molecule has 0 radical (unpaired) electrons. The summed E-state index contributed by atoms with van der Waals surface area (Å²) < 4.78 is 32.0. The first kappa shape index (κ1) is 17.0. The molecule has 0 saturated carbocycles. The second kappa shape index (κ2) is 8.33. The molecule has 2 aromatic rings. The molecule has 3 rings (SSSR count). The van der Waals surface area contributed by atoms with E-state index >= 15 is 0 Å². The molecule has 0 bridgehead atoms. The largest absolute Gasteiger partial charge is 0.379 e. The third kappa shape index (κ3) is 4.84. The molecule has 0 atom stereocenters. The first-order chi connectivity index (χ1) is 11.7. The smallest absolute Gasteiger partial charge is 0.127 e. The lowest BCUT2D eigenvalue weighted by atomic mass is 10.1. The molecule has 5 heteroatoms. The van der Waals surface area contributed by atoms with Crippen LogP contribution >= 0.6 is 0 Å². The van der Waals surface area contributed by atoms with E-state index in [-0.39, 0.29) is 5.82 Å². The summed E-state index contributed by atoms with van der Waals surface area (Å²) in [7, 11) is 0. The van der Waals surface area contributed by atoms with Crippen LogP contribution in [0.2, 0.25) is 0 Å². The molecule has 1 fully saturated rings. The van der Waals surface area contributed by atoms with Crippen molar-refractivity contribution in [3.8, 4) is 0 Å². The van der Waals surface area contributed by atoms with Gasteiger partial charge in [-0.1, -0.05) is 24.3 Å². The average Bonchev–Trinajstić information content (AvgIpc) is 2.60. The lowest BCUT2D eigenvalue weighted by molar-refractivity contribution is 0.0342. The molecule has 3 nitrogen and oxygen atoms in total. The number of rotatable bonds is 6. The monoisotopic (exact) mass is 332 g/mol. The second-order valence-electron chi connectivity index (χ2n) is 6.04. The molecular formula is C19H22F2N2O. The Morgan fingerprint density at radius 2 is 1.62 bits per heavy atom. The Morgan fingerprint density at radius 1 is 0.917 bits per heavy atom. The number of ether oxygens (including phenoxy) is 1. The molecule has 0 aliphatic carbocycles. The highest BCUT2D eigenvalue weighted by Crippen LogP contribution is 2.11. The van der Waals surface area contributed by atoms with Crippen molar-refractivity contribution in [1.82, 2.24) is 10.2 Å². The van der Waals surface area contributed by atoms with Crippen molar-refractivity contribution in [2.45, 2.75) is 19.6 Å². The normalized spacial score (nSPS) is 15.6. The van der Waals surface area contributed by atoms with Crippen LogP contribution in [0.4, 0.5) is 8.78 Å². The quantitative estimate of drug-likeness (QED) is 0.880. The van der Waals surface area contributed by atoms with Gasteiger partial charge in [-0.05, 0) is 29.3 Å².